The topological polar surface area (TPSA) is 75.7 Å². The van der Waals surface area contributed by atoms with Crippen LogP contribution in [0.2, 0.25) is 0 Å². The van der Waals surface area contributed by atoms with Crippen molar-refractivity contribution in [1.82, 2.24) is 0 Å². The van der Waals surface area contributed by atoms with Crippen molar-refractivity contribution in [2.45, 2.75) is 19.3 Å². The molecule has 2 aromatic rings. The molecule has 0 saturated heterocycles. The van der Waals surface area contributed by atoms with Crippen molar-refractivity contribution in [3.8, 4) is 0 Å². The molecule has 3 N–H and O–H groups in total. The van der Waals surface area contributed by atoms with E-state index >= 15 is 0 Å². The maximum atomic E-state index is 10.4. The molecule has 1 heterocycles. The number of hydrogen-bond acceptors (Lipinski definition) is 3. The van der Waals surface area contributed by atoms with Crippen LogP contribution in [0.5, 0.6) is 0 Å². The summed E-state index contributed by atoms with van der Waals surface area (Å²) in [6.45, 7) is 0. The number of carboxylic acids is 1. The van der Waals surface area contributed by atoms with Gasteiger partial charge in [-0.1, -0.05) is 18.2 Å². The van der Waals surface area contributed by atoms with E-state index < -0.39 is 5.97 Å². The summed E-state index contributed by atoms with van der Waals surface area (Å²) in [5, 5.41) is 10.6. The lowest BCUT2D eigenvalue weighted by molar-refractivity contribution is -0.137. The summed E-state index contributed by atoms with van der Waals surface area (Å²) in [7, 11) is 0. The minimum atomic E-state index is -0.755. The molecule has 104 valence electrons. The van der Waals surface area contributed by atoms with Gasteiger partial charge in [-0.2, -0.15) is 0 Å². The third kappa shape index (κ3) is 4.20. The molecule has 20 heavy (non-hydrogen) atoms. The average Bonchev–Trinajstić information content (AvgIpc) is 2.94. The van der Waals surface area contributed by atoms with Gasteiger partial charge in [-0.05, 0) is 42.0 Å². The Morgan fingerprint density at radius 1 is 1.25 bits per heavy atom. The number of nitrogens with two attached hydrogens (primary N) is 1. The van der Waals surface area contributed by atoms with Gasteiger partial charge in [-0.25, -0.2) is 4.99 Å². The number of benzene rings is 1. The van der Waals surface area contributed by atoms with Gasteiger partial charge in [-0.15, -0.1) is 11.3 Å². The zero-order valence-corrected chi connectivity index (χ0v) is 11.8. The van der Waals surface area contributed by atoms with Gasteiger partial charge in [0.05, 0.1) is 10.6 Å². The Bertz CT molecular complexity index is 589. The number of amidine groups is 1. The summed E-state index contributed by atoms with van der Waals surface area (Å²) in [6, 6.07) is 11.6. The Morgan fingerprint density at radius 3 is 2.60 bits per heavy atom. The Kier molecular flexibility index (Phi) is 4.90. The van der Waals surface area contributed by atoms with Crippen molar-refractivity contribution in [3.05, 3.63) is 52.2 Å². The van der Waals surface area contributed by atoms with E-state index in [9.17, 15) is 4.79 Å². The largest absolute Gasteiger partial charge is 0.481 e. The van der Waals surface area contributed by atoms with Crippen LogP contribution in [-0.4, -0.2) is 16.9 Å². The SMILES string of the molecule is NC(=Nc1ccc(CCCC(=O)O)cc1)c1cccs1. The highest BCUT2D eigenvalue weighted by Crippen LogP contribution is 2.17. The second-order valence-electron chi connectivity index (χ2n) is 4.39. The molecule has 0 amide bonds. The molecule has 0 aliphatic heterocycles. The highest BCUT2D eigenvalue weighted by Gasteiger charge is 2.01. The van der Waals surface area contributed by atoms with Crippen LogP contribution in [-0.2, 0) is 11.2 Å². The quantitative estimate of drug-likeness (QED) is 0.633. The molecule has 0 saturated carbocycles. The summed E-state index contributed by atoms with van der Waals surface area (Å²) in [6.07, 6.45) is 1.61. The van der Waals surface area contributed by atoms with Crippen LogP contribution in [0.4, 0.5) is 5.69 Å². The number of nitrogens with zero attached hydrogens (tertiary/aromatic N) is 1. The highest BCUT2D eigenvalue weighted by atomic mass is 32.1. The zero-order valence-electron chi connectivity index (χ0n) is 11.0. The maximum Gasteiger partial charge on any atom is 0.303 e. The van der Waals surface area contributed by atoms with E-state index in [1.165, 1.54) is 0 Å². The van der Waals surface area contributed by atoms with Crippen LogP contribution in [0, 0.1) is 0 Å². The van der Waals surface area contributed by atoms with Crippen molar-refractivity contribution in [1.29, 1.82) is 0 Å². The molecule has 2 rings (SSSR count). The molecule has 1 aromatic carbocycles. The average molecular weight is 288 g/mol. The number of aliphatic carboxylic acids is 1. The first kappa shape index (κ1) is 14.3. The van der Waals surface area contributed by atoms with Crippen LogP contribution in [0.15, 0.2) is 46.8 Å². The second-order valence-corrected chi connectivity index (χ2v) is 5.34. The van der Waals surface area contributed by atoms with Crippen molar-refractivity contribution in [2.75, 3.05) is 0 Å². The fourth-order valence-electron chi connectivity index (χ4n) is 1.80. The highest BCUT2D eigenvalue weighted by molar-refractivity contribution is 7.12. The molecule has 0 fully saturated rings. The Morgan fingerprint density at radius 2 is 2.00 bits per heavy atom. The molecule has 0 aliphatic rings. The number of aryl methyl sites for hydroxylation is 1. The minimum Gasteiger partial charge on any atom is -0.481 e. The van der Waals surface area contributed by atoms with E-state index in [1.807, 2.05) is 41.8 Å². The summed E-state index contributed by atoms with van der Waals surface area (Å²) in [5.74, 6) is -0.242. The van der Waals surface area contributed by atoms with Crippen molar-refractivity contribution < 1.29 is 9.90 Å². The van der Waals surface area contributed by atoms with Crippen LogP contribution < -0.4 is 5.73 Å². The summed E-state index contributed by atoms with van der Waals surface area (Å²) in [5.41, 5.74) is 7.83. The molecular formula is C15H16N2O2S. The Balaban J connectivity index is 1.98. The molecule has 0 spiro atoms. The van der Waals surface area contributed by atoms with Crippen LogP contribution >= 0.6 is 11.3 Å². The van der Waals surface area contributed by atoms with Crippen LogP contribution in [0.3, 0.4) is 0 Å². The van der Waals surface area contributed by atoms with Crippen molar-refractivity contribution in [3.63, 3.8) is 0 Å². The number of rotatable bonds is 6. The summed E-state index contributed by atoms with van der Waals surface area (Å²) >= 11 is 1.56. The Hall–Kier alpha value is -2.14. The Labute approximate surface area is 121 Å². The minimum absolute atomic E-state index is 0.200. The number of thiophene rings is 1. The van der Waals surface area contributed by atoms with E-state index in [0.29, 0.717) is 12.3 Å². The fourth-order valence-corrected chi connectivity index (χ4v) is 2.43. The summed E-state index contributed by atoms with van der Waals surface area (Å²) < 4.78 is 0. The van der Waals surface area contributed by atoms with E-state index in [-0.39, 0.29) is 6.42 Å². The van der Waals surface area contributed by atoms with Crippen molar-refractivity contribution in [2.24, 2.45) is 10.7 Å². The number of hydrogen-bond donors (Lipinski definition) is 2. The van der Waals surface area contributed by atoms with E-state index in [0.717, 1.165) is 22.5 Å². The zero-order chi connectivity index (χ0) is 14.4. The molecule has 0 unspecified atom stereocenters. The molecule has 5 heteroatoms. The lowest BCUT2D eigenvalue weighted by Crippen LogP contribution is -2.10. The molecule has 4 nitrogen and oxygen atoms in total. The van der Waals surface area contributed by atoms with Gasteiger partial charge in [-0.3, -0.25) is 4.79 Å². The van der Waals surface area contributed by atoms with Gasteiger partial charge in [0.1, 0.15) is 5.84 Å². The predicted octanol–water partition coefficient (Wildman–Crippen LogP) is 3.19. The summed E-state index contributed by atoms with van der Waals surface area (Å²) in [4.78, 5) is 15.8. The van der Waals surface area contributed by atoms with E-state index in [4.69, 9.17) is 10.8 Å². The lowest BCUT2D eigenvalue weighted by atomic mass is 10.1. The van der Waals surface area contributed by atoms with Gasteiger partial charge >= 0.3 is 5.97 Å². The smallest absolute Gasteiger partial charge is 0.303 e. The first-order chi connectivity index (χ1) is 9.65. The molecule has 0 aliphatic carbocycles. The predicted molar refractivity (Wildman–Crippen MR) is 81.7 cm³/mol. The number of carboxylic acid groups (broad SMARTS) is 1. The van der Waals surface area contributed by atoms with E-state index in [1.54, 1.807) is 11.3 Å². The molecule has 1 aromatic heterocycles. The standard InChI is InChI=1S/C15H16N2O2S/c16-15(13-4-2-10-20-13)17-12-8-6-11(7-9-12)3-1-5-14(18)19/h2,4,6-10H,1,3,5H2,(H2,16,17)(H,18,19). The normalized spacial score (nSPS) is 11.5. The third-order valence-corrected chi connectivity index (χ3v) is 3.71. The van der Waals surface area contributed by atoms with Crippen LogP contribution in [0.1, 0.15) is 23.3 Å². The molecule has 0 atom stereocenters. The lowest BCUT2D eigenvalue weighted by Gasteiger charge is -2.01. The monoisotopic (exact) mass is 288 g/mol. The number of aliphatic imine (C=N–C) groups is 1. The van der Waals surface area contributed by atoms with Gasteiger partial charge < -0.3 is 10.8 Å². The van der Waals surface area contributed by atoms with Gasteiger partial charge in [0.15, 0.2) is 0 Å². The van der Waals surface area contributed by atoms with Gasteiger partial charge in [0, 0.05) is 6.42 Å². The first-order valence-corrected chi connectivity index (χ1v) is 7.22. The number of carbonyl (C=O) groups is 1. The van der Waals surface area contributed by atoms with Gasteiger partial charge in [0.2, 0.25) is 0 Å². The molecule has 0 radical (unpaired) electrons. The second kappa shape index (κ2) is 6.86. The van der Waals surface area contributed by atoms with Gasteiger partial charge in [0.25, 0.3) is 0 Å². The molecule has 0 bridgehead atoms. The fraction of sp³-hybridized carbons (Fsp3) is 0.200. The molecular weight excluding hydrogens is 272 g/mol. The first-order valence-electron chi connectivity index (χ1n) is 6.34. The maximum absolute atomic E-state index is 10.4. The van der Waals surface area contributed by atoms with Crippen molar-refractivity contribution >= 4 is 28.8 Å². The third-order valence-electron chi connectivity index (χ3n) is 2.82. The van der Waals surface area contributed by atoms with Crippen LogP contribution in [0.25, 0.3) is 0 Å². The van der Waals surface area contributed by atoms with E-state index in [2.05, 4.69) is 4.99 Å².